The topological polar surface area (TPSA) is 42.0 Å². The van der Waals surface area contributed by atoms with Crippen LogP contribution < -0.4 is 5.32 Å². The molecule has 1 amide bonds. The molecule has 0 saturated heterocycles. The molecule has 2 aromatic heterocycles. The Morgan fingerprint density at radius 2 is 2.31 bits per heavy atom. The fraction of sp³-hybridized carbons (Fsp3) is 0.0909. The van der Waals surface area contributed by atoms with Gasteiger partial charge in [0.15, 0.2) is 0 Å². The predicted molar refractivity (Wildman–Crippen MR) is 68.6 cm³/mol. The maximum atomic E-state index is 11.6. The molecule has 0 fully saturated rings. The van der Waals surface area contributed by atoms with Gasteiger partial charge < -0.3 is 5.32 Å². The van der Waals surface area contributed by atoms with E-state index < -0.39 is 0 Å². The molecule has 5 heteroatoms. The highest BCUT2D eigenvalue weighted by molar-refractivity contribution is 9.10. The maximum absolute atomic E-state index is 11.6. The molecule has 0 atom stereocenters. The van der Waals surface area contributed by atoms with Crippen molar-refractivity contribution in [2.24, 2.45) is 0 Å². The third-order valence-corrected chi connectivity index (χ3v) is 3.16. The van der Waals surface area contributed by atoms with Crippen LogP contribution in [0.3, 0.4) is 0 Å². The van der Waals surface area contributed by atoms with Crippen molar-refractivity contribution < 1.29 is 4.79 Å². The molecule has 0 aromatic carbocycles. The van der Waals surface area contributed by atoms with Crippen molar-refractivity contribution >= 4 is 38.9 Å². The largest absolute Gasteiger partial charge is 0.324 e. The standard InChI is InChI=1S/C11H9BrN2OS/c12-10-2-1-9(6-13-10)14-11(15)5-8-3-4-16-7-8/h1-4,6-7H,5H2,(H,14,15). The second-order valence-electron chi connectivity index (χ2n) is 3.23. The van der Waals surface area contributed by atoms with Crippen LogP contribution >= 0.6 is 27.3 Å². The minimum Gasteiger partial charge on any atom is -0.324 e. The quantitative estimate of drug-likeness (QED) is 0.885. The lowest BCUT2D eigenvalue weighted by molar-refractivity contribution is -0.115. The normalized spacial score (nSPS) is 10.1. The van der Waals surface area contributed by atoms with Crippen LogP contribution in [0.1, 0.15) is 5.56 Å². The maximum Gasteiger partial charge on any atom is 0.228 e. The first-order valence-electron chi connectivity index (χ1n) is 4.66. The van der Waals surface area contributed by atoms with Crippen molar-refractivity contribution in [3.63, 3.8) is 0 Å². The Kier molecular flexibility index (Phi) is 3.69. The van der Waals surface area contributed by atoms with Crippen molar-refractivity contribution in [1.29, 1.82) is 0 Å². The Bertz CT molecular complexity index is 467. The zero-order chi connectivity index (χ0) is 11.4. The minimum absolute atomic E-state index is 0.0254. The van der Waals surface area contributed by atoms with Crippen molar-refractivity contribution in [3.8, 4) is 0 Å². The third kappa shape index (κ3) is 3.15. The van der Waals surface area contributed by atoms with Crippen molar-refractivity contribution in [1.82, 2.24) is 4.98 Å². The van der Waals surface area contributed by atoms with Gasteiger partial charge in [0.2, 0.25) is 5.91 Å². The molecule has 2 rings (SSSR count). The van der Waals surface area contributed by atoms with E-state index in [0.29, 0.717) is 12.1 Å². The summed E-state index contributed by atoms with van der Waals surface area (Å²) in [7, 11) is 0. The van der Waals surface area contributed by atoms with E-state index in [-0.39, 0.29) is 5.91 Å². The van der Waals surface area contributed by atoms with Crippen LogP contribution in [-0.4, -0.2) is 10.9 Å². The summed E-state index contributed by atoms with van der Waals surface area (Å²) < 4.78 is 0.753. The molecular formula is C11H9BrN2OS. The molecule has 0 spiro atoms. The highest BCUT2D eigenvalue weighted by Gasteiger charge is 2.04. The number of hydrogen-bond donors (Lipinski definition) is 1. The number of pyridine rings is 1. The van der Waals surface area contributed by atoms with Gasteiger partial charge in [-0.05, 0) is 50.5 Å². The summed E-state index contributed by atoms with van der Waals surface area (Å²) in [5.74, 6) is -0.0254. The van der Waals surface area contributed by atoms with E-state index in [0.717, 1.165) is 10.2 Å². The number of nitrogens with zero attached hydrogens (tertiary/aromatic N) is 1. The van der Waals surface area contributed by atoms with Crippen LogP contribution in [0.25, 0.3) is 0 Å². The fourth-order valence-corrected chi connectivity index (χ4v) is 2.14. The Morgan fingerprint density at radius 1 is 1.44 bits per heavy atom. The van der Waals surface area contributed by atoms with Gasteiger partial charge in [-0.25, -0.2) is 4.98 Å². The van der Waals surface area contributed by atoms with Crippen molar-refractivity contribution in [2.75, 3.05) is 5.32 Å². The van der Waals surface area contributed by atoms with Crippen LogP contribution in [0, 0.1) is 0 Å². The lowest BCUT2D eigenvalue weighted by Crippen LogP contribution is -2.13. The second-order valence-corrected chi connectivity index (χ2v) is 4.82. The van der Waals surface area contributed by atoms with Gasteiger partial charge in [0.25, 0.3) is 0 Å². The first-order valence-corrected chi connectivity index (χ1v) is 6.40. The number of halogens is 1. The third-order valence-electron chi connectivity index (χ3n) is 1.96. The molecule has 3 nitrogen and oxygen atoms in total. The Balaban J connectivity index is 1.95. The molecule has 16 heavy (non-hydrogen) atoms. The zero-order valence-corrected chi connectivity index (χ0v) is 10.7. The van der Waals surface area contributed by atoms with E-state index in [9.17, 15) is 4.79 Å². The Hall–Kier alpha value is -1.20. The van der Waals surface area contributed by atoms with Gasteiger partial charge in [-0.3, -0.25) is 4.79 Å². The van der Waals surface area contributed by atoms with Gasteiger partial charge in [0.05, 0.1) is 18.3 Å². The average Bonchev–Trinajstić information content (AvgIpc) is 2.74. The molecule has 0 aliphatic rings. The molecule has 82 valence electrons. The van der Waals surface area contributed by atoms with E-state index in [1.165, 1.54) is 0 Å². The molecule has 2 aromatic rings. The molecular weight excluding hydrogens is 288 g/mol. The summed E-state index contributed by atoms with van der Waals surface area (Å²) in [4.78, 5) is 15.7. The second kappa shape index (κ2) is 5.23. The van der Waals surface area contributed by atoms with Crippen molar-refractivity contribution in [3.05, 3.63) is 45.3 Å². The molecule has 1 N–H and O–H groups in total. The van der Waals surface area contributed by atoms with E-state index in [1.54, 1.807) is 23.6 Å². The molecule has 0 aliphatic heterocycles. The number of carbonyl (C=O) groups is 1. The first kappa shape index (κ1) is 11.3. The first-order chi connectivity index (χ1) is 7.74. The van der Waals surface area contributed by atoms with E-state index >= 15 is 0 Å². The van der Waals surface area contributed by atoms with Gasteiger partial charge in [0, 0.05) is 0 Å². The summed E-state index contributed by atoms with van der Waals surface area (Å²) in [6.07, 6.45) is 2.02. The number of thiophene rings is 1. The number of anilines is 1. The molecule has 0 aliphatic carbocycles. The van der Waals surface area contributed by atoms with Crippen molar-refractivity contribution in [2.45, 2.75) is 6.42 Å². The smallest absolute Gasteiger partial charge is 0.228 e. The molecule has 0 unspecified atom stereocenters. The summed E-state index contributed by atoms with van der Waals surface area (Å²) in [6.45, 7) is 0. The molecule has 2 heterocycles. The SMILES string of the molecule is O=C(Cc1ccsc1)Nc1ccc(Br)nc1. The van der Waals surface area contributed by atoms with Crippen LogP contribution in [0.2, 0.25) is 0 Å². The summed E-state index contributed by atoms with van der Waals surface area (Å²) in [5, 5.41) is 6.72. The number of aromatic nitrogens is 1. The number of rotatable bonds is 3. The highest BCUT2D eigenvalue weighted by Crippen LogP contribution is 2.12. The monoisotopic (exact) mass is 296 g/mol. The minimum atomic E-state index is -0.0254. The fourth-order valence-electron chi connectivity index (χ4n) is 1.23. The van der Waals surface area contributed by atoms with E-state index in [2.05, 4.69) is 26.2 Å². The van der Waals surface area contributed by atoms with Gasteiger partial charge in [0.1, 0.15) is 4.60 Å². The Labute approximate surface area is 106 Å². The van der Waals surface area contributed by atoms with Gasteiger partial charge in [-0.2, -0.15) is 11.3 Å². The van der Waals surface area contributed by atoms with Crippen LogP contribution in [0.15, 0.2) is 39.8 Å². The summed E-state index contributed by atoms with van der Waals surface area (Å²) in [6, 6.07) is 5.55. The van der Waals surface area contributed by atoms with E-state index in [4.69, 9.17) is 0 Å². The number of hydrogen-bond acceptors (Lipinski definition) is 3. The van der Waals surface area contributed by atoms with Gasteiger partial charge >= 0.3 is 0 Å². The number of amides is 1. The zero-order valence-electron chi connectivity index (χ0n) is 8.31. The van der Waals surface area contributed by atoms with E-state index in [1.807, 2.05) is 22.9 Å². The highest BCUT2D eigenvalue weighted by atomic mass is 79.9. The lowest BCUT2D eigenvalue weighted by atomic mass is 10.2. The van der Waals surface area contributed by atoms with Crippen LogP contribution in [-0.2, 0) is 11.2 Å². The lowest BCUT2D eigenvalue weighted by Gasteiger charge is -2.03. The predicted octanol–water partition coefficient (Wildman–Crippen LogP) is 3.09. The van der Waals surface area contributed by atoms with Crippen LogP contribution in [0.4, 0.5) is 5.69 Å². The molecule has 0 bridgehead atoms. The molecule has 0 radical (unpaired) electrons. The van der Waals surface area contributed by atoms with Gasteiger partial charge in [-0.1, -0.05) is 0 Å². The summed E-state index contributed by atoms with van der Waals surface area (Å²) in [5.41, 5.74) is 1.75. The summed E-state index contributed by atoms with van der Waals surface area (Å²) >= 11 is 4.83. The number of nitrogens with one attached hydrogen (secondary N) is 1. The molecule has 0 saturated carbocycles. The Morgan fingerprint density at radius 3 is 2.94 bits per heavy atom. The average molecular weight is 297 g/mol. The van der Waals surface area contributed by atoms with Crippen LogP contribution in [0.5, 0.6) is 0 Å². The number of carbonyl (C=O) groups excluding carboxylic acids is 1. The van der Waals surface area contributed by atoms with Gasteiger partial charge in [-0.15, -0.1) is 0 Å².